The van der Waals surface area contributed by atoms with E-state index in [2.05, 4.69) is 150 Å². The fourth-order valence-corrected chi connectivity index (χ4v) is 9.37. The monoisotopic (exact) mass is 738 g/mol. The molecule has 5 heteroatoms. The summed E-state index contributed by atoms with van der Waals surface area (Å²) >= 11 is 0. The van der Waals surface area contributed by atoms with Crippen LogP contribution in [0.5, 0.6) is 0 Å². The minimum absolute atomic E-state index is 0.632. The van der Waals surface area contributed by atoms with Gasteiger partial charge in [0.25, 0.3) is 0 Å². The Labute approximate surface area is 332 Å². The zero-order valence-electron chi connectivity index (χ0n) is 31.0. The minimum atomic E-state index is 0.632. The second-order valence-electron chi connectivity index (χ2n) is 15.1. The molecule has 0 unspecified atom stereocenters. The second kappa shape index (κ2) is 11.8. The Bertz CT molecular complexity index is 3660. The summed E-state index contributed by atoms with van der Waals surface area (Å²) in [6.45, 7) is 0. The van der Waals surface area contributed by atoms with Crippen LogP contribution < -0.4 is 0 Å². The van der Waals surface area contributed by atoms with Crippen LogP contribution in [0.2, 0.25) is 0 Å². The van der Waals surface area contributed by atoms with Crippen molar-refractivity contribution in [3.8, 4) is 62.1 Å². The summed E-state index contributed by atoms with van der Waals surface area (Å²) < 4.78 is 8.93. The van der Waals surface area contributed by atoms with Gasteiger partial charge in [-0.3, -0.25) is 0 Å². The van der Waals surface area contributed by atoms with E-state index < -0.39 is 0 Å². The number of nitrogens with zero attached hydrogens (tertiary/aromatic N) is 4. The topological polar surface area (TPSA) is 56.7 Å². The number of rotatable bonds is 5. The number of benzene rings is 9. The highest BCUT2D eigenvalue weighted by Crippen LogP contribution is 2.51. The molecule has 0 amide bonds. The summed E-state index contributed by atoms with van der Waals surface area (Å²) in [5.74, 6) is 1.91. The van der Waals surface area contributed by atoms with Crippen molar-refractivity contribution in [2.24, 2.45) is 0 Å². The van der Waals surface area contributed by atoms with Crippen LogP contribution in [0.3, 0.4) is 0 Å². The van der Waals surface area contributed by atoms with Gasteiger partial charge < -0.3 is 8.98 Å². The molecule has 0 saturated heterocycles. The number of aromatic nitrogens is 4. The van der Waals surface area contributed by atoms with Gasteiger partial charge in [0.05, 0.1) is 16.7 Å². The third-order valence-electron chi connectivity index (χ3n) is 12.0. The van der Waals surface area contributed by atoms with Crippen LogP contribution in [0.15, 0.2) is 186 Å². The molecule has 58 heavy (non-hydrogen) atoms. The maximum atomic E-state index is 6.48. The normalized spacial score (nSPS) is 12.1. The van der Waals surface area contributed by atoms with Gasteiger partial charge in [0.2, 0.25) is 0 Å². The first kappa shape index (κ1) is 31.3. The van der Waals surface area contributed by atoms with Crippen molar-refractivity contribution < 1.29 is 4.42 Å². The molecule has 0 aliphatic heterocycles. The number of hydrogen-bond acceptors (Lipinski definition) is 4. The van der Waals surface area contributed by atoms with Crippen LogP contribution >= 0.6 is 0 Å². The van der Waals surface area contributed by atoms with Gasteiger partial charge in [-0.1, -0.05) is 146 Å². The molecule has 0 spiro atoms. The zero-order valence-corrected chi connectivity index (χ0v) is 31.0. The average molecular weight is 739 g/mol. The molecular formula is C53H30N4O. The molecular weight excluding hydrogens is 709 g/mol. The fraction of sp³-hybridized carbons (Fsp3) is 0. The number of furan rings is 1. The van der Waals surface area contributed by atoms with Crippen molar-refractivity contribution in [2.45, 2.75) is 0 Å². The molecule has 0 bridgehead atoms. The van der Waals surface area contributed by atoms with E-state index in [1.165, 1.54) is 60.0 Å². The van der Waals surface area contributed by atoms with E-state index >= 15 is 0 Å². The van der Waals surface area contributed by atoms with Gasteiger partial charge >= 0.3 is 0 Å². The Morgan fingerprint density at radius 1 is 0.345 bits per heavy atom. The summed E-state index contributed by atoms with van der Waals surface area (Å²) in [5.41, 5.74) is 12.9. The third-order valence-corrected chi connectivity index (χ3v) is 12.0. The highest BCUT2D eigenvalue weighted by Gasteiger charge is 2.26. The lowest BCUT2D eigenvalue weighted by molar-refractivity contribution is 0.669. The highest BCUT2D eigenvalue weighted by atomic mass is 16.3. The molecule has 1 aliphatic rings. The van der Waals surface area contributed by atoms with Crippen LogP contribution in [-0.2, 0) is 0 Å². The van der Waals surface area contributed by atoms with E-state index in [9.17, 15) is 0 Å². The molecule has 3 aromatic heterocycles. The van der Waals surface area contributed by atoms with Gasteiger partial charge in [0.1, 0.15) is 11.2 Å². The van der Waals surface area contributed by atoms with Gasteiger partial charge in [0, 0.05) is 49.0 Å². The minimum Gasteiger partial charge on any atom is -0.456 e. The number of fused-ring (bicyclic) bond motifs is 2. The van der Waals surface area contributed by atoms with Crippen LogP contribution in [-0.4, -0.2) is 19.5 Å². The predicted molar refractivity (Wildman–Crippen MR) is 237 cm³/mol. The summed E-state index contributed by atoms with van der Waals surface area (Å²) in [5, 5.41) is 9.66. The first-order valence-electron chi connectivity index (χ1n) is 19.6. The Morgan fingerprint density at radius 2 is 0.931 bits per heavy atom. The molecule has 0 N–H and O–H groups in total. The quantitative estimate of drug-likeness (QED) is 0.176. The van der Waals surface area contributed by atoms with Gasteiger partial charge in [0.15, 0.2) is 17.5 Å². The standard InChI is InChI=1S/C53H30N4O/c1-3-10-31(11-4-1)32-20-22-35(23-21-32)52-54-51(34-12-5-2-6-13-34)55-53(56-52)37-24-27-38-36(30-37)14-7-17-41(38)57-42-18-8-15-39-40-16-9-19-44-48(40)50-45(58-44)29-26-33-25-28-43(57)49(46(33)50)47(39)42/h1-30H. The van der Waals surface area contributed by atoms with Crippen LogP contribution in [0, 0.1) is 0 Å². The summed E-state index contributed by atoms with van der Waals surface area (Å²) in [6, 6.07) is 64.2. The van der Waals surface area contributed by atoms with Gasteiger partial charge in [-0.25, -0.2) is 15.0 Å². The Kier molecular flexibility index (Phi) is 6.38. The molecule has 3 heterocycles. The van der Waals surface area contributed by atoms with Crippen molar-refractivity contribution >= 4 is 65.3 Å². The van der Waals surface area contributed by atoms with Crippen LogP contribution in [0.25, 0.3) is 127 Å². The molecule has 5 nitrogen and oxygen atoms in total. The molecule has 0 fully saturated rings. The third kappa shape index (κ3) is 4.44. The summed E-state index contributed by atoms with van der Waals surface area (Å²) in [4.78, 5) is 15.2. The smallest absolute Gasteiger partial charge is 0.164 e. The van der Waals surface area contributed by atoms with Crippen molar-refractivity contribution in [2.75, 3.05) is 0 Å². The number of hydrogen-bond donors (Lipinski definition) is 0. The maximum absolute atomic E-state index is 6.48. The first-order valence-corrected chi connectivity index (χ1v) is 19.6. The summed E-state index contributed by atoms with van der Waals surface area (Å²) in [6.07, 6.45) is 0. The first-order chi connectivity index (χ1) is 28.7. The Morgan fingerprint density at radius 3 is 1.72 bits per heavy atom. The summed E-state index contributed by atoms with van der Waals surface area (Å²) in [7, 11) is 0. The molecule has 0 atom stereocenters. The molecule has 13 rings (SSSR count). The van der Waals surface area contributed by atoms with Gasteiger partial charge in [-0.2, -0.15) is 0 Å². The van der Waals surface area contributed by atoms with Gasteiger partial charge in [-0.05, 0) is 69.4 Å². The average Bonchev–Trinajstić information content (AvgIpc) is 3.81. The Hall–Kier alpha value is -7.89. The van der Waals surface area contributed by atoms with Crippen LogP contribution in [0.1, 0.15) is 0 Å². The lowest BCUT2D eigenvalue weighted by Gasteiger charge is -2.14. The molecule has 0 saturated carbocycles. The maximum Gasteiger partial charge on any atom is 0.164 e. The molecule has 1 aliphatic carbocycles. The highest BCUT2D eigenvalue weighted by molar-refractivity contribution is 6.38. The van der Waals surface area contributed by atoms with E-state index in [-0.39, 0.29) is 0 Å². The zero-order chi connectivity index (χ0) is 37.9. The van der Waals surface area contributed by atoms with Crippen molar-refractivity contribution in [1.29, 1.82) is 0 Å². The van der Waals surface area contributed by atoms with Crippen molar-refractivity contribution in [3.05, 3.63) is 182 Å². The van der Waals surface area contributed by atoms with E-state index in [0.717, 1.165) is 49.9 Å². The van der Waals surface area contributed by atoms with Crippen molar-refractivity contribution in [1.82, 2.24) is 19.5 Å². The van der Waals surface area contributed by atoms with E-state index in [4.69, 9.17) is 19.4 Å². The van der Waals surface area contributed by atoms with E-state index in [1.807, 2.05) is 36.4 Å². The Balaban J connectivity index is 1.00. The lowest BCUT2D eigenvalue weighted by Crippen LogP contribution is -2.00. The van der Waals surface area contributed by atoms with Crippen molar-refractivity contribution in [3.63, 3.8) is 0 Å². The fourth-order valence-electron chi connectivity index (χ4n) is 9.37. The SMILES string of the molecule is c1ccc(-c2ccc(-c3nc(-c4ccccc4)nc(-c4ccc5c(-n6c7cccc8c7c7c9c(ccc%10oc%11cccc-8c%11c%109)ccc76)cccc5c4)n3)cc2)cc1. The van der Waals surface area contributed by atoms with Crippen LogP contribution in [0.4, 0.5) is 0 Å². The lowest BCUT2D eigenvalue weighted by atomic mass is 9.98. The molecule has 0 radical (unpaired) electrons. The molecule has 268 valence electrons. The van der Waals surface area contributed by atoms with Gasteiger partial charge in [-0.15, -0.1) is 0 Å². The molecule has 12 aromatic rings. The van der Waals surface area contributed by atoms with E-state index in [1.54, 1.807) is 0 Å². The largest absolute Gasteiger partial charge is 0.456 e. The predicted octanol–water partition coefficient (Wildman–Crippen LogP) is 13.8. The second-order valence-corrected chi connectivity index (χ2v) is 15.1. The molecule has 9 aromatic carbocycles. The van der Waals surface area contributed by atoms with E-state index in [0.29, 0.717) is 17.5 Å².